The van der Waals surface area contributed by atoms with E-state index in [-0.39, 0.29) is 19.2 Å². The zero-order valence-electron chi connectivity index (χ0n) is 15.4. The molecule has 0 radical (unpaired) electrons. The van der Waals surface area contributed by atoms with E-state index in [9.17, 15) is 4.79 Å². The van der Waals surface area contributed by atoms with E-state index in [1.54, 1.807) is 12.3 Å². The van der Waals surface area contributed by atoms with Crippen LogP contribution in [0.3, 0.4) is 0 Å². The Morgan fingerprint density at radius 2 is 2.04 bits per heavy atom. The number of aliphatic imine (C=N–C) groups is 1. The van der Waals surface area contributed by atoms with E-state index in [0.29, 0.717) is 12.5 Å². The molecule has 1 saturated carbocycles. The molecule has 0 saturated heterocycles. The third kappa shape index (κ3) is 4.50. The number of ether oxygens (including phenoxy) is 1. The van der Waals surface area contributed by atoms with Crippen molar-refractivity contribution >= 4 is 18.3 Å². The molecule has 1 heterocycles. The average Bonchev–Trinajstić information content (AvgIpc) is 3.48. The van der Waals surface area contributed by atoms with Crippen LogP contribution in [0.25, 0.3) is 11.1 Å². The van der Waals surface area contributed by atoms with Crippen molar-refractivity contribution in [3.63, 3.8) is 0 Å². The van der Waals surface area contributed by atoms with Gasteiger partial charge in [0.2, 0.25) is 11.8 Å². The first kappa shape index (κ1) is 18.6. The van der Waals surface area contributed by atoms with Crippen LogP contribution in [-0.2, 0) is 4.79 Å². The number of rotatable bonds is 8. The van der Waals surface area contributed by atoms with Crippen LogP contribution < -0.4 is 10.1 Å². The number of pyridine rings is 1. The number of aromatic nitrogens is 1. The Labute approximate surface area is 161 Å². The lowest BCUT2D eigenvalue weighted by molar-refractivity contribution is -0.117. The summed E-state index contributed by atoms with van der Waals surface area (Å²) >= 11 is 0. The second-order valence-corrected chi connectivity index (χ2v) is 6.32. The van der Waals surface area contributed by atoms with Crippen LogP contribution in [0.2, 0.25) is 0 Å². The molecular formula is C22H25N3O2. The lowest BCUT2D eigenvalue weighted by atomic mass is 10.1. The number of hydrogen-bond donors (Lipinski definition) is 1. The third-order valence-corrected chi connectivity index (χ3v) is 4.49. The summed E-state index contributed by atoms with van der Waals surface area (Å²) in [7, 11) is 0. The van der Waals surface area contributed by atoms with Crippen molar-refractivity contribution in [2.75, 3.05) is 11.9 Å². The summed E-state index contributed by atoms with van der Waals surface area (Å²) in [5.41, 5.74) is 3.62. The van der Waals surface area contributed by atoms with Gasteiger partial charge in [0, 0.05) is 42.5 Å². The summed E-state index contributed by atoms with van der Waals surface area (Å²) in [4.78, 5) is 20.7. The zero-order valence-corrected chi connectivity index (χ0v) is 15.4. The Morgan fingerprint density at radius 3 is 2.63 bits per heavy atom. The van der Waals surface area contributed by atoms with Crippen molar-refractivity contribution in [1.82, 2.24) is 4.98 Å². The van der Waals surface area contributed by atoms with Crippen molar-refractivity contribution in [2.45, 2.75) is 13.3 Å². The van der Waals surface area contributed by atoms with Crippen LogP contribution in [0.5, 0.6) is 5.88 Å². The maximum atomic E-state index is 12.4. The lowest BCUT2D eigenvalue weighted by Crippen LogP contribution is -2.15. The van der Waals surface area contributed by atoms with Crippen molar-refractivity contribution in [1.29, 1.82) is 0 Å². The molecule has 1 fully saturated rings. The zero-order chi connectivity index (χ0) is 19.2. The standard InChI is InChI=1S/C22H23N3O2.H2/c1-4-6-20(23-3)18-13-19(18)22(26)25-17-10-7-15(8-11-17)16-9-12-21(24-14-16)27-5-2;/h4,6-12,14,18-19H,1,3,5,13H2,2H3,(H,25,26);1H/b20-6-;. The monoisotopic (exact) mass is 363 g/mol. The fourth-order valence-electron chi connectivity index (χ4n) is 2.99. The highest BCUT2D eigenvalue weighted by molar-refractivity contribution is 5.95. The average molecular weight is 363 g/mol. The molecule has 1 amide bonds. The molecule has 0 bridgehead atoms. The van der Waals surface area contributed by atoms with Gasteiger partial charge in [0.1, 0.15) is 0 Å². The van der Waals surface area contributed by atoms with Crippen LogP contribution in [0, 0.1) is 11.8 Å². The fraction of sp³-hybridized carbons (Fsp3) is 0.227. The van der Waals surface area contributed by atoms with E-state index >= 15 is 0 Å². The van der Waals surface area contributed by atoms with Crippen molar-refractivity contribution in [3.8, 4) is 17.0 Å². The third-order valence-electron chi connectivity index (χ3n) is 4.49. The van der Waals surface area contributed by atoms with E-state index in [1.165, 1.54) is 0 Å². The fourth-order valence-corrected chi connectivity index (χ4v) is 2.99. The maximum Gasteiger partial charge on any atom is 0.228 e. The number of nitrogens with zero attached hydrogens (tertiary/aromatic N) is 2. The molecule has 1 aliphatic rings. The first-order chi connectivity index (χ1) is 13.2. The molecule has 1 aromatic heterocycles. The van der Waals surface area contributed by atoms with Gasteiger partial charge in [-0.05, 0) is 49.9 Å². The number of anilines is 1. The number of carbonyl (C=O) groups is 1. The smallest absolute Gasteiger partial charge is 0.228 e. The van der Waals surface area contributed by atoms with Crippen LogP contribution in [0.15, 0.2) is 72.0 Å². The number of hydrogen-bond acceptors (Lipinski definition) is 4. The maximum absolute atomic E-state index is 12.4. The summed E-state index contributed by atoms with van der Waals surface area (Å²) in [5.74, 6) is 0.698. The lowest BCUT2D eigenvalue weighted by Gasteiger charge is -2.07. The molecule has 2 atom stereocenters. The second kappa shape index (κ2) is 8.45. The van der Waals surface area contributed by atoms with Gasteiger partial charge in [-0.1, -0.05) is 24.8 Å². The van der Waals surface area contributed by atoms with E-state index in [1.807, 2.05) is 49.4 Å². The van der Waals surface area contributed by atoms with E-state index in [0.717, 1.165) is 28.9 Å². The van der Waals surface area contributed by atoms with Crippen LogP contribution in [-0.4, -0.2) is 24.2 Å². The molecule has 2 unspecified atom stereocenters. The minimum absolute atomic E-state index is 0. The van der Waals surface area contributed by atoms with Gasteiger partial charge in [-0.15, -0.1) is 0 Å². The molecule has 5 heteroatoms. The second-order valence-electron chi connectivity index (χ2n) is 6.32. The van der Waals surface area contributed by atoms with Crippen molar-refractivity contribution in [2.24, 2.45) is 16.8 Å². The predicted molar refractivity (Wildman–Crippen MR) is 111 cm³/mol. The van der Waals surface area contributed by atoms with Gasteiger partial charge in [0.15, 0.2) is 0 Å². The Morgan fingerprint density at radius 1 is 1.30 bits per heavy atom. The largest absolute Gasteiger partial charge is 0.478 e. The SMILES string of the molecule is C=C/C=C(\N=C)C1CC1C(=O)Nc1ccc(-c2ccc(OCC)nc2)cc1.[HH]. The highest BCUT2D eigenvalue weighted by Crippen LogP contribution is 2.45. The summed E-state index contributed by atoms with van der Waals surface area (Å²) < 4.78 is 5.36. The van der Waals surface area contributed by atoms with Gasteiger partial charge in [-0.2, -0.15) is 0 Å². The molecule has 140 valence electrons. The Balaban J connectivity index is 0.00000280. The minimum atomic E-state index is -0.0586. The highest BCUT2D eigenvalue weighted by Gasteiger charge is 2.45. The molecule has 1 N–H and O–H groups in total. The van der Waals surface area contributed by atoms with Gasteiger partial charge in [0.05, 0.1) is 6.61 Å². The van der Waals surface area contributed by atoms with Gasteiger partial charge < -0.3 is 10.1 Å². The van der Waals surface area contributed by atoms with Crippen LogP contribution in [0.4, 0.5) is 5.69 Å². The molecule has 0 aliphatic heterocycles. The quantitative estimate of drug-likeness (QED) is 0.544. The number of carbonyl (C=O) groups excluding carboxylic acids is 1. The first-order valence-electron chi connectivity index (χ1n) is 8.95. The molecule has 1 aromatic carbocycles. The normalized spacial score (nSPS) is 18.5. The van der Waals surface area contributed by atoms with Gasteiger partial charge in [-0.25, -0.2) is 4.98 Å². The molecular weight excluding hydrogens is 338 g/mol. The molecule has 2 aromatic rings. The Kier molecular flexibility index (Phi) is 5.81. The van der Waals surface area contributed by atoms with E-state index in [4.69, 9.17) is 4.74 Å². The summed E-state index contributed by atoms with van der Waals surface area (Å²) in [6.07, 6.45) is 6.06. The molecule has 1 aliphatic carbocycles. The van der Waals surface area contributed by atoms with Gasteiger partial charge in [0.25, 0.3) is 0 Å². The number of nitrogens with one attached hydrogen (secondary N) is 1. The molecule has 27 heavy (non-hydrogen) atoms. The number of benzene rings is 1. The Bertz CT molecular complexity index is 860. The summed E-state index contributed by atoms with van der Waals surface area (Å²) in [6.45, 7) is 9.75. The molecule has 3 rings (SSSR count). The number of allylic oxidation sites excluding steroid dienone is 3. The number of amides is 1. The van der Waals surface area contributed by atoms with E-state index in [2.05, 4.69) is 28.6 Å². The van der Waals surface area contributed by atoms with Crippen LogP contribution in [0.1, 0.15) is 14.8 Å². The van der Waals surface area contributed by atoms with Gasteiger partial charge in [-0.3, -0.25) is 9.79 Å². The summed E-state index contributed by atoms with van der Waals surface area (Å²) in [6, 6.07) is 11.5. The van der Waals surface area contributed by atoms with Crippen LogP contribution >= 0.6 is 0 Å². The highest BCUT2D eigenvalue weighted by atomic mass is 16.5. The first-order valence-corrected chi connectivity index (χ1v) is 8.95. The van der Waals surface area contributed by atoms with Gasteiger partial charge >= 0.3 is 0 Å². The Hall–Kier alpha value is -3.21. The van der Waals surface area contributed by atoms with E-state index < -0.39 is 0 Å². The van der Waals surface area contributed by atoms with Crippen molar-refractivity contribution in [3.05, 3.63) is 67.0 Å². The topological polar surface area (TPSA) is 63.6 Å². The van der Waals surface area contributed by atoms with Crippen molar-refractivity contribution < 1.29 is 11.0 Å². The minimum Gasteiger partial charge on any atom is -0.478 e. The summed E-state index contributed by atoms with van der Waals surface area (Å²) in [5, 5.41) is 2.97. The molecule has 0 spiro atoms. The predicted octanol–water partition coefficient (Wildman–Crippen LogP) is 4.74. The molecule has 5 nitrogen and oxygen atoms in total.